The minimum absolute atomic E-state index is 0.0340. The molecule has 0 radical (unpaired) electrons. The van der Waals surface area contributed by atoms with Crippen molar-refractivity contribution in [1.82, 2.24) is 10.7 Å². The molecule has 2 unspecified atom stereocenters. The topological polar surface area (TPSA) is 90.8 Å². The first-order valence-electron chi connectivity index (χ1n) is 10.2. The van der Waals surface area contributed by atoms with Gasteiger partial charge in [-0.1, -0.05) is 66.2 Å². The summed E-state index contributed by atoms with van der Waals surface area (Å²) in [6, 6.07) is 22.2. The van der Waals surface area contributed by atoms with Crippen molar-refractivity contribution < 1.29 is 14.7 Å². The highest BCUT2D eigenvalue weighted by atomic mass is 35.5. The number of carbonyl (C=O) groups is 2. The summed E-state index contributed by atoms with van der Waals surface area (Å²) >= 11 is 6.24. The minimum Gasteiger partial charge on any atom is -0.507 e. The van der Waals surface area contributed by atoms with E-state index in [0.29, 0.717) is 23.6 Å². The largest absolute Gasteiger partial charge is 0.507 e. The van der Waals surface area contributed by atoms with Crippen molar-refractivity contribution in [3.05, 3.63) is 100 Å². The maximum absolute atomic E-state index is 12.7. The van der Waals surface area contributed by atoms with Crippen LogP contribution in [0.2, 0.25) is 5.02 Å². The molecule has 6 nitrogen and oxygen atoms in total. The van der Waals surface area contributed by atoms with Crippen molar-refractivity contribution in [2.24, 2.45) is 11.0 Å². The third-order valence-electron chi connectivity index (χ3n) is 5.51. The molecule has 162 valence electrons. The number of benzene rings is 3. The number of carbonyl (C=O) groups excluding carboxylic acids is 2. The van der Waals surface area contributed by atoms with Crippen LogP contribution in [-0.2, 0) is 16.0 Å². The van der Waals surface area contributed by atoms with E-state index in [1.807, 2.05) is 60.7 Å². The average Bonchev–Trinajstić information content (AvgIpc) is 3.19. The third-order valence-corrected chi connectivity index (χ3v) is 5.88. The summed E-state index contributed by atoms with van der Waals surface area (Å²) < 4.78 is 0. The van der Waals surface area contributed by atoms with Crippen LogP contribution in [0.3, 0.4) is 0 Å². The first-order valence-corrected chi connectivity index (χ1v) is 10.6. The first kappa shape index (κ1) is 21.6. The van der Waals surface area contributed by atoms with Gasteiger partial charge in [-0.2, -0.15) is 5.10 Å². The van der Waals surface area contributed by atoms with E-state index >= 15 is 0 Å². The molecule has 32 heavy (non-hydrogen) atoms. The molecule has 1 fully saturated rings. The van der Waals surface area contributed by atoms with Crippen molar-refractivity contribution in [3.63, 3.8) is 0 Å². The van der Waals surface area contributed by atoms with Gasteiger partial charge in [-0.15, -0.1) is 0 Å². The average molecular weight is 448 g/mol. The second-order valence-corrected chi connectivity index (χ2v) is 8.04. The van der Waals surface area contributed by atoms with Gasteiger partial charge in [0.05, 0.1) is 6.21 Å². The van der Waals surface area contributed by atoms with E-state index in [0.717, 1.165) is 16.7 Å². The zero-order chi connectivity index (χ0) is 22.5. The molecule has 0 bridgehead atoms. The van der Waals surface area contributed by atoms with Crippen molar-refractivity contribution in [1.29, 1.82) is 0 Å². The van der Waals surface area contributed by atoms with E-state index in [-0.39, 0.29) is 17.6 Å². The van der Waals surface area contributed by atoms with Crippen LogP contribution >= 0.6 is 11.6 Å². The molecule has 3 aromatic carbocycles. The number of hydrogen-bond donors (Lipinski definition) is 3. The van der Waals surface area contributed by atoms with Gasteiger partial charge in [0.25, 0.3) is 5.91 Å². The van der Waals surface area contributed by atoms with Gasteiger partial charge in [-0.05, 0) is 41.3 Å². The molecule has 2 atom stereocenters. The molecular formula is C25H22ClN3O3. The zero-order valence-corrected chi connectivity index (χ0v) is 17.9. The Morgan fingerprint density at radius 1 is 1.12 bits per heavy atom. The molecule has 1 aliphatic rings. The van der Waals surface area contributed by atoms with Gasteiger partial charge in [0.1, 0.15) is 11.7 Å². The van der Waals surface area contributed by atoms with Gasteiger partial charge in [0, 0.05) is 23.0 Å². The zero-order valence-electron chi connectivity index (χ0n) is 17.2. The predicted octanol–water partition coefficient (Wildman–Crippen LogP) is 3.62. The number of nitrogens with zero attached hydrogens (tertiary/aromatic N) is 1. The molecule has 0 aliphatic carbocycles. The Bertz CT molecular complexity index is 1160. The van der Waals surface area contributed by atoms with Gasteiger partial charge >= 0.3 is 0 Å². The molecule has 2 amide bonds. The van der Waals surface area contributed by atoms with Crippen LogP contribution in [-0.4, -0.2) is 29.7 Å². The Hall–Kier alpha value is -3.64. The van der Waals surface area contributed by atoms with Crippen LogP contribution in [0.1, 0.15) is 28.2 Å². The highest BCUT2D eigenvalue weighted by Gasteiger charge is 2.40. The molecule has 3 aromatic rings. The summed E-state index contributed by atoms with van der Waals surface area (Å²) in [7, 11) is 0. The van der Waals surface area contributed by atoms with Gasteiger partial charge in [0.15, 0.2) is 0 Å². The molecule has 4 rings (SSSR count). The number of phenols is 1. The van der Waals surface area contributed by atoms with E-state index in [2.05, 4.69) is 15.8 Å². The lowest BCUT2D eigenvalue weighted by Gasteiger charge is -2.15. The minimum atomic E-state index is -0.866. The number of aromatic hydroxyl groups is 1. The Morgan fingerprint density at radius 2 is 1.88 bits per heavy atom. The fourth-order valence-electron chi connectivity index (χ4n) is 3.85. The summed E-state index contributed by atoms with van der Waals surface area (Å²) in [5.74, 6) is -1.90. The number of rotatable bonds is 6. The number of hydrazone groups is 1. The van der Waals surface area contributed by atoms with Gasteiger partial charge in [-0.3, -0.25) is 9.59 Å². The number of amides is 2. The van der Waals surface area contributed by atoms with Crippen molar-refractivity contribution >= 4 is 29.6 Å². The highest BCUT2D eigenvalue weighted by Crippen LogP contribution is 2.29. The summed E-state index contributed by atoms with van der Waals surface area (Å²) in [6.45, 7) is 0.398. The number of hydrogen-bond acceptors (Lipinski definition) is 4. The summed E-state index contributed by atoms with van der Waals surface area (Å²) in [4.78, 5) is 25.0. The summed E-state index contributed by atoms with van der Waals surface area (Å²) in [5.41, 5.74) is 5.71. The van der Waals surface area contributed by atoms with Crippen molar-refractivity contribution in [3.8, 4) is 5.75 Å². The van der Waals surface area contributed by atoms with E-state index < -0.39 is 11.8 Å². The van der Waals surface area contributed by atoms with Crippen molar-refractivity contribution in [2.75, 3.05) is 6.54 Å². The molecule has 0 aromatic heterocycles. The van der Waals surface area contributed by atoms with Crippen LogP contribution < -0.4 is 10.7 Å². The van der Waals surface area contributed by atoms with Gasteiger partial charge in [0.2, 0.25) is 5.91 Å². The number of halogens is 1. The first-order chi connectivity index (χ1) is 15.5. The van der Waals surface area contributed by atoms with E-state index in [1.54, 1.807) is 12.1 Å². The Kier molecular flexibility index (Phi) is 6.52. The Labute approximate surface area is 190 Å². The lowest BCUT2D eigenvalue weighted by atomic mass is 9.88. The van der Waals surface area contributed by atoms with Crippen LogP contribution in [0.25, 0.3) is 0 Å². The Morgan fingerprint density at radius 3 is 2.66 bits per heavy atom. The van der Waals surface area contributed by atoms with E-state index in [4.69, 9.17) is 11.6 Å². The molecule has 1 saturated heterocycles. The smallest absolute Gasteiger partial charge is 0.253 e. The fraction of sp³-hybridized carbons (Fsp3) is 0.160. The number of phenolic OH excluding ortho intramolecular Hbond substituents is 1. The standard InChI is InChI=1S/C25H22ClN3O3/c26-21-9-5-4-8-18(21)12-16-10-11-22(30)19(13-16)14-28-29-25(32)23-20(15-27-24(23)31)17-6-2-1-3-7-17/h1-11,13-14,20,23,30H,12,15H2,(H,27,31)(H,29,32). The second-order valence-electron chi connectivity index (χ2n) is 7.64. The summed E-state index contributed by atoms with van der Waals surface area (Å²) in [6.07, 6.45) is 1.96. The summed E-state index contributed by atoms with van der Waals surface area (Å²) in [5, 5.41) is 17.6. The molecule has 3 N–H and O–H groups in total. The van der Waals surface area contributed by atoms with E-state index in [1.165, 1.54) is 6.21 Å². The number of nitrogens with one attached hydrogen (secondary N) is 2. The molecule has 0 saturated carbocycles. The Balaban J connectivity index is 1.46. The quantitative estimate of drug-likeness (QED) is 0.306. The molecule has 0 spiro atoms. The molecular weight excluding hydrogens is 426 g/mol. The van der Waals surface area contributed by atoms with Crippen LogP contribution in [0.4, 0.5) is 0 Å². The van der Waals surface area contributed by atoms with Crippen LogP contribution in [0.15, 0.2) is 77.9 Å². The lowest BCUT2D eigenvalue weighted by molar-refractivity contribution is -0.133. The maximum Gasteiger partial charge on any atom is 0.253 e. The van der Waals surface area contributed by atoms with Crippen LogP contribution in [0.5, 0.6) is 5.75 Å². The highest BCUT2D eigenvalue weighted by molar-refractivity contribution is 6.31. The molecule has 1 heterocycles. The predicted molar refractivity (Wildman–Crippen MR) is 124 cm³/mol. The molecule has 1 aliphatic heterocycles. The normalized spacial score (nSPS) is 18.0. The fourth-order valence-corrected chi connectivity index (χ4v) is 4.05. The van der Waals surface area contributed by atoms with Gasteiger partial charge in [-0.25, -0.2) is 5.43 Å². The monoisotopic (exact) mass is 447 g/mol. The molecule has 7 heteroatoms. The van der Waals surface area contributed by atoms with Crippen molar-refractivity contribution in [2.45, 2.75) is 12.3 Å². The second kappa shape index (κ2) is 9.66. The van der Waals surface area contributed by atoms with Crippen LogP contribution in [0, 0.1) is 5.92 Å². The lowest BCUT2D eigenvalue weighted by Crippen LogP contribution is -2.34. The van der Waals surface area contributed by atoms with Gasteiger partial charge < -0.3 is 10.4 Å². The van der Waals surface area contributed by atoms with E-state index in [9.17, 15) is 14.7 Å². The SMILES string of the molecule is O=C1NCC(c2ccccc2)C1C(=O)NN=Cc1cc(Cc2ccccc2Cl)ccc1O. The maximum atomic E-state index is 12.7. The third kappa shape index (κ3) is 4.81.